The summed E-state index contributed by atoms with van der Waals surface area (Å²) >= 11 is 1.72. The van der Waals surface area contributed by atoms with Gasteiger partial charge in [0.15, 0.2) is 0 Å². The first-order chi connectivity index (χ1) is 9.75. The number of carbonyl (C=O) groups is 1. The highest BCUT2D eigenvalue weighted by Gasteiger charge is 2.31. The normalized spacial score (nSPS) is 18.2. The standard InChI is InChI=1S/C15H13FN2OS/c16-13-5-3-11(4-6-13)14(19)18-8-9-20-15(18)12-2-1-7-17-10-12/h1-7,10,15H,8-9H2. The van der Waals surface area contributed by atoms with Crippen LogP contribution < -0.4 is 0 Å². The number of pyridine rings is 1. The Kier molecular flexibility index (Phi) is 3.69. The third-order valence-electron chi connectivity index (χ3n) is 3.21. The van der Waals surface area contributed by atoms with Crippen molar-refractivity contribution in [3.63, 3.8) is 0 Å². The molecule has 1 aromatic heterocycles. The summed E-state index contributed by atoms with van der Waals surface area (Å²) < 4.78 is 12.9. The van der Waals surface area contributed by atoms with Gasteiger partial charge in [-0.25, -0.2) is 4.39 Å². The van der Waals surface area contributed by atoms with Crippen molar-refractivity contribution in [1.29, 1.82) is 0 Å². The molecule has 0 radical (unpaired) electrons. The molecule has 5 heteroatoms. The van der Waals surface area contributed by atoms with Crippen molar-refractivity contribution in [2.45, 2.75) is 5.37 Å². The van der Waals surface area contributed by atoms with Crippen molar-refractivity contribution in [1.82, 2.24) is 9.88 Å². The highest BCUT2D eigenvalue weighted by Crippen LogP contribution is 2.38. The van der Waals surface area contributed by atoms with Crippen molar-refractivity contribution in [2.75, 3.05) is 12.3 Å². The van der Waals surface area contributed by atoms with E-state index in [1.807, 2.05) is 17.0 Å². The molecular weight excluding hydrogens is 275 g/mol. The van der Waals surface area contributed by atoms with Gasteiger partial charge in [0, 0.05) is 35.8 Å². The summed E-state index contributed by atoms with van der Waals surface area (Å²) in [6.07, 6.45) is 3.50. The van der Waals surface area contributed by atoms with Gasteiger partial charge in [0.05, 0.1) is 0 Å². The van der Waals surface area contributed by atoms with E-state index < -0.39 is 0 Å². The second-order valence-electron chi connectivity index (χ2n) is 4.51. The lowest BCUT2D eigenvalue weighted by Crippen LogP contribution is -2.30. The number of benzene rings is 1. The van der Waals surface area contributed by atoms with Crippen molar-refractivity contribution in [3.05, 3.63) is 65.7 Å². The van der Waals surface area contributed by atoms with E-state index in [0.717, 1.165) is 11.3 Å². The molecule has 2 heterocycles. The molecule has 0 bridgehead atoms. The first kappa shape index (κ1) is 13.1. The van der Waals surface area contributed by atoms with Crippen LogP contribution in [-0.4, -0.2) is 28.1 Å². The molecule has 3 nitrogen and oxygen atoms in total. The molecule has 1 aliphatic rings. The minimum atomic E-state index is -0.332. The van der Waals surface area contributed by atoms with E-state index in [4.69, 9.17) is 0 Å². The molecule has 1 aromatic carbocycles. The molecule has 1 fully saturated rings. The van der Waals surface area contributed by atoms with E-state index in [-0.39, 0.29) is 17.1 Å². The van der Waals surface area contributed by atoms with Gasteiger partial charge in [0.2, 0.25) is 0 Å². The van der Waals surface area contributed by atoms with Crippen LogP contribution in [-0.2, 0) is 0 Å². The Balaban J connectivity index is 1.85. The number of hydrogen-bond donors (Lipinski definition) is 0. The Labute approximate surface area is 120 Å². The van der Waals surface area contributed by atoms with Gasteiger partial charge in [0.1, 0.15) is 11.2 Å². The number of nitrogens with zero attached hydrogens (tertiary/aromatic N) is 2. The molecule has 20 heavy (non-hydrogen) atoms. The average molecular weight is 288 g/mol. The largest absolute Gasteiger partial charge is 0.322 e. The summed E-state index contributed by atoms with van der Waals surface area (Å²) in [6.45, 7) is 0.695. The maximum atomic E-state index is 12.9. The van der Waals surface area contributed by atoms with Crippen LogP contribution in [0.3, 0.4) is 0 Å². The third kappa shape index (κ3) is 2.54. The predicted octanol–water partition coefficient (Wildman–Crippen LogP) is 3.11. The van der Waals surface area contributed by atoms with E-state index in [1.165, 1.54) is 24.3 Å². The fourth-order valence-corrected chi connectivity index (χ4v) is 3.47. The lowest BCUT2D eigenvalue weighted by Gasteiger charge is -2.23. The van der Waals surface area contributed by atoms with Gasteiger partial charge in [0.25, 0.3) is 5.91 Å². The minimum Gasteiger partial charge on any atom is -0.322 e. The SMILES string of the molecule is O=C(c1ccc(F)cc1)N1CCSC1c1cccnc1. The molecule has 0 aliphatic carbocycles. The molecule has 102 valence electrons. The van der Waals surface area contributed by atoms with Crippen LogP contribution in [0.25, 0.3) is 0 Å². The van der Waals surface area contributed by atoms with Crippen LogP contribution in [0.4, 0.5) is 4.39 Å². The van der Waals surface area contributed by atoms with E-state index >= 15 is 0 Å². The van der Waals surface area contributed by atoms with Gasteiger partial charge in [-0.3, -0.25) is 9.78 Å². The van der Waals surface area contributed by atoms with Crippen molar-refractivity contribution < 1.29 is 9.18 Å². The molecule has 0 N–H and O–H groups in total. The quantitative estimate of drug-likeness (QED) is 0.851. The fourth-order valence-electron chi connectivity index (χ4n) is 2.23. The van der Waals surface area contributed by atoms with E-state index in [1.54, 1.807) is 24.2 Å². The van der Waals surface area contributed by atoms with E-state index in [9.17, 15) is 9.18 Å². The first-order valence-electron chi connectivity index (χ1n) is 6.34. The Morgan fingerprint density at radius 1 is 1.30 bits per heavy atom. The average Bonchev–Trinajstić information content (AvgIpc) is 2.97. The molecular formula is C15H13FN2OS. The molecule has 0 saturated carbocycles. The Bertz CT molecular complexity index is 603. The highest BCUT2D eigenvalue weighted by molar-refractivity contribution is 7.99. The Morgan fingerprint density at radius 2 is 2.10 bits per heavy atom. The number of hydrogen-bond acceptors (Lipinski definition) is 3. The number of thioether (sulfide) groups is 1. The third-order valence-corrected chi connectivity index (χ3v) is 4.47. The van der Waals surface area contributed by atoms with Crippen LogP contribution in [0.5, 0.6) is 0 Å². The molecule has 1 saturated heterocycles. The molecule has 2 aromatic rings. The van der Waals surface area contributed by atoms with Crippen molar-refractivity contribution in [3.8, 4) is 0 Å². The lowest BCUT2D eigenvalue weighted by atomic mass is 10.1. The first-order valence-corrected chi connectivity index (χ1v) is 7.38. The highest BCUT2D eigenvalue weighted by atomic mass is 32.2. The van der Waals surface area contributed by atoms with E-state index in [0.29, 0.717) is 12.1 Å². The van der Waals surface area contributed by atoms with Crippen LogP contribution in [0.2, 0.25) is 0 Å². The maximum Gasteiger partial charge on any atom is 0.255 e. The number of aromatic nitrogens is 1. The van der Waals surface area contributed by atoms with Crippen molar-refractivity contribution in [2.24, 2.45) is 0 Å². The van der Waals surface area contributed by atoms with Crippen LogP contribution in [0.15, 0.2) is 48.8 Å². The predicted molar refractivity (Wildman–Crippen MR) is 76.9 cm³/mol. The number of carbonyl (C=O) groups excluding carboxylic acids is 1. The summed E-state index contributed by atoms with van der Waals surface area (Å²) in [6, 6.07) is 9.53. The summed E-state index contributed by atoms with van der Waals surface area (Å²) in [4.78, 5) is 18.4. The van der Waals surface area contributed by atoms with Gasteiger partial charge in [-0.1, -0.05) is 6.07 Å². The zero-order valence-corrected chi connectivity index (χ0v) is 11.5. The van der Waals surface area contributed by atoms with E-state index in [2.05, 4.69) is 4.98 Å². The molecule has 1 unspecified atom stereocenters. The van der Waals surface area contributed by atoms with Crippen LogP contribution >= 0.6 is 11.8 Å². The Hall–Kier alpha value is -1.88. The number of halogens is 1. The van der Waals surface area contributed by atoms with Gasteiger partial charge in [-0.05, 0) is 30.3 Å². The van der Waals surface area contributed by atoms with Gasteiger partial charge in [-0.2, -0.15) is 0 Å². The smallest absolute Gasteiger partial charge is 0.255 e. The Morgan fingerprint density at radius 3 is 2.80 bits per heavy atom. The maximum absolute atomic E-state index is 12.9. The summed E-state index contributed by atoms with van der Waals surface area (Å²) in [5, 5.41) is -0.0127. The molecule has 1 atom stereocenters. The van der Waals surface area contributed by atoms with Gasteiger partial charge >= 0.3 is 0 Å². The second kappa shape index (κ2) is 5.63. The zero-order chi connectivity index (χ0) is 13.9. The van der Waals surface area contributed by atoms with Gasteiger partial charge < -0.3 is 4.90 Å². The second-order valence-corrected chi connectivity index (χ2v) is 5.70. The summed E-state index contributed by atoms with van der Waals surface area (Å²) in [7, 11) is 0. The summed E-state index contributed by atoms with van der Waals surface area (Å²) in [5.74, 6) is 0.497. The molecule has 3 rings (SSSR count). The molecule has 0 spiro atoms. The lowest BCUT2D eigenvalue weighted by molar-refractivity contribution is 0.0760. The molecule has 1 amide bonds. The van der Waals surface area contributed by atoms with Crippen LogP contribution in [0.1, 0.15) is 21.3 Å². The fraction of sp³-hybridized carbons (Fsp3) is 0.200. The number of amides is 1. The van der Waals surface area contributed by atoms with Crippen molar-refractivity contribution >= 4 is 17.7 Å². The van der Waals surface area contributed by atoms with Crippen LogP contribution in [0, 0.1) is 5.82 Å². The van der Waals surface area contributed by atoms with Gasteiger partial charge in [-0.15, -0.1) is 11.8 Å². The monoisotopic (exact) mass is 288 g/mol. The zero-order valence-electron chi connectivity index (χ0n) is 10.7. The summed E-state index contributed by atoms with van der Waals surface area (Å²) in [5.41, 5.74) is 1.54. The molecule has 1 aliphatic heterocycles. The minimum absolute atomic E-state index is 0.0127. The topological polar surface area (TPSA) is 33.2 Å². The number of rotatable bonds is 2.